The Morgan fingerprint density at radius 3 is 2.73 bits per heavy atom. The first-order chi connectivity index (χ1) is 10.6. The van der Waals surface area contributed by atoms with Crippen LogP contribution in [0.4, 0.5) is 5.69 Å². The molecule has 0 spiro atoms. The quantitative estimate of drug-likeness (QED) is 0.683. The van der Waals surface area contributed by atoms with Crippen molar-refractivity contribution in [2.24, 2.45) is 0 Å². The summed E-state index contributed by atoms with van der Waals surface area (Å²) in [5, 5.41) is 27.7. The zero-order valence-corrected chi connectivity index (χ0v) is 12.2. The standard InChI is InChI=1S/C15H15N5O2/c1-8(2)18-13-11-5-9(10-6-16-17-7-10)3-4-12(11)19-20-14(13)15(21)22/h3-8H,1-2H3,(H,16,17)(H,18,19)(H,21,22). The Labute approximate surface area is 126 Å². The second kappa shape index (κ2) is 5.44. The smallest absolute Gasteiger partial charge is 0.358 e. The van der Waals surface area contributed by atoms with E-state index in [1.165, 1.54) is 0 Å². The van der Waals surface area contributed by atoms with Crippen molar-refractivity contribution in [2.75, 3.05) is 5.32 Å². The topological polar surface area (TPSA) is 104 Å². The molecule has 112 valence electrons. The summed E-state index contributed by atoms with van der Waals surface area (Å²) in [5.41, 5.74) is 2.90. The highest BCUT2D eigenvalue weighted by Gasteiger charge is 2.18. The minimum absolute atomic E-state index is 0.0723. The van der Waals surface area contributed by atoms with Crippen molar-refractivity contribution in [3.63, 3.8) is 0 Å². The summed E-state index contributed by atoms with van der Waals surface area (Å²) in [6, 6.07) is 5.69. The van der Waals surface area contributed by atoms with Gasteiger partial charge in [-0.25, -0.2) is 4.79 Å². The van der Waals surface area contributed by atoms with Crippen molar-refractivity contribution in [1.82, 2.24) is 20.4 Å². The van der Waals surface area contributed by atoms with Gasteiger partial charge in [0.1, 0.15) is 0 Å². The van der Waals surface area contributed by atoms with E-state index in [1.807, 2.05) is 32.0 Å². The number of nitrogens with zero attached hydrogens (tertiary/aromatic N) is 3. The molecule has 2 heterocycles. The molecule has 0 aliphatic rings. The predicted octanol–water partition coefficient (Wildman–Crippen LogP) is 2.54. The lowest BCUT2D eigenvalue weighted by atomic mass is 10.0. The van der Waals surface area contributed by atoms with Gasteiger partial charge in [0, 0.05) is 23.2 Å². The molecule has 3 rings (SSSR count). The summed E-state index contributed by atoms with van der Waals surface area (Å²) in [7, 11) is 0. The van der Waals surface area contributed by atoms with E-state index in [1.54, 1.807) is 12.4 Å². The van der Waals surface area contributed by atoms with Crippen molar-refractivity contribution in [1.29, 1.82) is 0 Å². The molecule has 22 heavy (non-hydrogen) atoms. The van der Waals surface area contributed by atoms with Gasteiger partial charge < -0.3 is 10.4 Å². The zero-order valence-electron chi connectivity index (χ0n) is 12.2. The van der Waals surface area contributed by atoms with Crippen LogP contribution >= 0.6 is 0 Å². The highest BCUT2D eigenvalue weighted by molar-refractivity contribution is 6.03. The number of fused-ring (bicyclic) bond motifs is 1. The van der Waals surface area contributed by atoms with Gasteiger partial charge in [-0.05, 0) is 31.5 Å². The molecule has 0 radical (unpaired) electrons. The van der Waals surface area contributed by atoms with E-state index in [0.29, 0.717) is 11.2 Å². The van der Waals surface area contributed by atoms with Crippen molar-refractivity contribution in [3.05, 3.63) is 36.3 Å². The van der Waals surface area contributed by atoms with Crippen LogP contribution in [0.15, 0.2) is 30.6 Å². The second-order valence-corrected chi connectivity index (χ2v) is 5.25. The lowest BCUT2D eigenvalue weighted by molar-refractivity contribution is 0.0690. The van der Waals surface area contributed by atoms with Crippen molar-refractivity contribution < 1.29 is 9.90 Å². The minimum Gasteiger partial charge on any atom is -0.476 e. The number of rotatable bonds is 4. The average molecular weight is 297 g/mol. The first-order valence-electron chi connectivity index (χ1n) is 6.85. The van der Waals surface area contributed by atoms with E-state index in [9.17, 15) is 9.90 Å². The summed E-state index contributed by atoms with van der Waals surface area (Å²) in [5.74, 6) is -1.11. The number of nitrogens with one attached hydrogen (secondary N) is 2. The van der Waals surface area contributed by atoms with Crippen LogP contribution in [0.1, 0.15) is 24.3 Å². The first kappa shape index (κ1) is 14.0. The summed E-state index contributed by atoms with van der Waals surface area (Å²) >= 11 is 0. The summed E-state index contributed by atoms with van der Waals surface area (Å²) in [4.78, 5) is 11.4. The van der Waals surface area contributed by atoms with Gasteiger partial charge in [0.25, 0.3) is 0 Å². The highest BCUT2D eigenvalue weighted by atomic mass is 16.4. The van der Waals surface area contributed by atoms with E-state index in [2.05, 4.69) is 25.7 Å². The molecule has 0 bridgehead atoms. The molecule has 0 aliphatic heterocycles. The molecule has 0 saturated carbocycles. The molecule has 0 aliphatic carbocycles. The molecule has 0 amide bonds. The normalized spacial score (nSPS) is 11.0. The fourth-order valence-corrected chi connectivity index (χ4v) is 2.28. The third-order valence-corrected chi connectivity index (χ3v) is 3.23. The number of carboxylic acids is 1. The zero-order chi connectivity index (χ0) is 15.7. The van der Waals surface area contributed by atoms with E-state index in [0.717, 1.165) is 16.5 Å². The summed E-state index contributed by atoms with van der Waals surface area (Å²) < 4.78 is 0. The third-order valence-electron chi connectivity index (χ3n) is 3.23. The first-order valence-corrected chi connectivity index (χ1v) is 6.85. The van der Waals surface area contributed by atoms with Crippen LogP contribution in [0.25, 0.3) is 22.0 Å². The molecular formula is C15H15N5O2. The molecule has 0 fully saturated rings. The molecule has 0 atom stereocenters. The maximum Gasteiger partial charge on any atom is 0.358 e. The van der Waals surface area contributed by atoms with Crippen molar-refractivity contribution >= 4 is 22.6 Å². The van der Waals surface area contributed by atoms with E-state index < -0.39 is 5.97 Å². The van der Waals surface area contributed by atoms with Crippen molar-refractivity contribution in [2.45, 2.75) is 19.9 Å². The van der Waals surface area contributed by atoms with Gasteiger partial charge in [-0.3, -0.25) is 5.10 Å². The van der Waals surface area contributed by atoms with Crippen LogP contribution in [0.2, 0.25) is 0 Å². The molecule has 2 aromatic heterocycles. The maximum absolute atomic E-state index is 11.4. The lowest BCUT2D eigenvalue weighted by Gasteiger charge is -2.14. The van der Waals surface area contributed by atoms with Gasteiger partial charge in [0.05, 0.1) is 17.4 Å². The molecule has 0 unspecified atom stereocenters. The van der Waals surface area contributed by atoms with Crippen LogP contribution < -0.4 is 5.32 Å². The maximum atomic E-state index is 11.4. The third kappa shape index (κ3) is 2.48. The number of aromatic carboxylic acids is 1. The van der Waals surface area contributed by atoms with Gasteiger partial charge in [-0.1, -0.05) is 6.07 Å². The monoisotopic (exact) mass is 297 g/mol. The number of hydrogen-bond acceptors (Lipinski definition) is 5. The van der Waals surface area contributed by atoms with Crippen LogP contribution in [0.5, 0.6) is 0 Å². The Hall–Kier alpha value is -2.96. The Bertz CT molecular complexity index is 827. The van der Waals surface area contributed by atoms with Crippen LogP contribution in [-0.2, 0) is 0 Å². The van der Waals surface area contributed by atoms with Gasteiger partial charge in [0.2, 0.25) is 0 Å². The van der Waals surface area contributed by atoms with E-state index >= 15 is 0 Å². The van der Waals surface area contributed by atoms with Gasteiger partial charge in [-0.2, -0.15) is 5.10 Å². The molecule has 3 aromatic rings. The van der Waals surface area contributed by atoms with Gasteiger partial charge in [-0.15, -0.1) is 10.2 Å². The van der Waals surface area contributed by atoms with E-state index in [4.69, 9.17) is 0 Å². The second-order valence-electron chi connectivity index (χ2n) is 5.25. The molecular weight excluding hydrogens is 282 g/mol. The van der Waals surface area contributed by atoms with Crippen LogP contribution in [0.3, 0.4) is 0 Å². The average Bonchev–Trinajstić information content (AvgIpc) is 3.00. The Balaban J connectivity index is 2.25. The number of aromatic nitrogens is 4. The molecule has 3 N–H and O–H groups in total. The molecule has 0 saturated heterocycles. The number of anilines is 1. The number of H-pyrrole nitrogens is 1. The largest absolute Gasteiger partial charge is 0.476 e. The van der Waals surface area contributed by atoms with E-state index in [-0.39, 0.29) is 11.7 Å². The minimum atomic E-state index is -1.11. The fraction of sp³-hybridized carbons (Fsp3) is 0.200. The van der Waals surface area contributed by atoms with Gasteiger partial charge in [0.15, 0.2) is 5.69 Å². The summed E-state index contributed by atoms with van der Waals surface area (Å²) in [6.45, 7) is 3.88. The predicted molar refractivity (Wildman–Crippen MR) is 82.8 cm³/mol. The van der Waals surface area contributed by atoms with Crippen LogP contribution in [-0.4, -0.2) is 37.5 Å². The SMILES string of the molecule is CC(C)Nc1c(C(=O)O)nnc2ccc(-c3cn[nH]c3)cc12. The Morgan fingerprint density at radius 1 is 1.27 bits per heavy atom. The Morgan fingerprint density at radius 2 is 2.09 bits per heavy atom. The van der Waals surface area contributed by atoms with Crippen molar-refractivity contribution in [3.8, 4) is 11.1 Å². The van der Waals surface area contributed by atoms with Crippen LogP contribution in [0, 0.1) is 0 Å². The summed E-state index contributed by atoms with van der Waals surface area (Å²) in [6.07, 6.45) is 3.49. The molecule has 1 aromatic carbocycles. The number of hydrogen-bond donors (Lipinski definition) is 3. The van der Waals surface area contributed by atoms with Gasteiger partial charge >= 0.3 is 5.97 Å². The number of benzene rings is 1. The molecule has 7 nitrogen and oxygen atoms in total. The highest BCUT2D eigenvalue weighted by Crippen LogP contribution is 2.29. The number of carboxylic acid groups (broad SMARTS) is 1. The fourth-order valence-electron chi connectivity index (χ4n) is 2.28. The Kier molecular flexibility index (Phi) is 3.46. The number of aromatic amines is 1. The lowest BCUT2D eigenvalue weighted by Crippen LogP contribution is -2.16. The molecule has 7 heteroatoms. The number of carbonyl (C=O) groups is 1.